The lowest BCUT2D eigenvalue weighted by Crippen LogP contribution is -2.37. The first-order valence-corrected chi connectivity index (χ1v) is 7.77. The third-order valence-corrected chi connectivity index (χ3v) is 4.13. The lowest BCUT2D eigenvalue weighted by molar-refractivity contribution is 0.225. The van der Waals surface area contributed by atoms with E-state index in [2.05, 4.69) is 5.32 Å². The molecule has 2 aromatic rings. The molecule has 7 heteroatoms. The van der Waals surface area contributed by atoms with Gasteiger partial charge in [0.15, 0.2) is 11.6 Å². The highest BCUT2D eigenvalue weighted by atomic mass is 19.2. The van der Waals surface area contributed by atoms with Gasteiger partial charge in [-0.05, 0) is 12.0 Å². The number of carbonyl (C=O) groups is 1. The van der Waals surface area contributed by atoms with Crippen molar-refractivity contribution in [3.05, 3.63) is 59.7 Å². The van der Waals surface area contributed by atoms with Crippen molar-refractivity contribution < 1.29 is 18.3 Å². The van der Waals surface area contributed by atoms with Crippen LogP contribution < -0.4 is 10.1 Å². The topological polar surface area (TPSA) is 65.4 Å². The number of nitrogens with one attached hydrogen (secondary N) is 2. The summed E-state index contributed by atoms with van der Waals surface area (Å²) in [5.74, 6) is -2.35. The SMILES string of the molecule is COc1cc(NC(=O)N2C(=N)CCC2c2ccccc2)cc(F)c1F. The van der Waals surface area contributed by atoms with Crippen LogP contribution in [-0.4, -0.2) is 23.9 Å². The third-order valence-electron chi connectivity index (χ3n) is 4.13. The Morgan fingerprint density at radius 3 is 2.68 bits per heavy atom. The molecular weight excluding hydrogens is 328 g/mol. The number of benzene rings is 2. The fourth-order valence-electron chi connectivity index (χ4n) is 2.93. The van der Waals surface area contributed by atoms with Gasteiger partial charge in [-0.3, -0.25) is 10.3 Å². The number of hydrogen-bond donors (Lipinski definition) is 2. The van der Waals surface area contributed by atoms with Gasteiger partial charge < -0.3 is 10.1 Å². The van der Waals surface area contributed by atoms with Gasteiger partial charge in [-0.25, -0.2) is 9.18 Å². The van der Waals surface area contributed by atoms with Crippen molar-refractivity contribution in [3.63, 3.8) is 0 Å². The largest absolute Gasteiger partial charge is 0.493 e. The van der Waals surface area contributed by atoms with Crippen molar-refractivity contribution in [3.8, 4) is 5.75 Å². The van der Waals surface area contributed by atoms with E-state index in [1.54, 1.807) is 0 Å². The van der Waals surface area contributed by atoms with Crippen LogP contribution in [0.2, 0.25) is 0 Å². The number of methoxy groups -OCH3 is 1. The molecular formula is C18H17F2N3O2. The molecule has 1 atom stereocenters. The predicted molar refractivity (Wildman–Crippen MR) is 89.9 cm³/mol. The van der Waals surface area contributed by atoms with Gasteiger partial charge in [0, 0.05) is 24.2 Å². The number of likely N-dealkylation sites (tertiary alicyclic amines) is 1. The molecule has 2 aromatic carbocycles. The number of anilines is 1. The molecule has 25 heavy (non-hydrogen) atoms. The second-order valence-electron chi connectivity index (χ2n) is 5.69. The zero-order valence-corrected chi connectivity index (χ0v) is 13.6. The third kappa shape index (κ3) is 3.31. The fourth-order valence-corrected chi connectivity index (χ4v) is 2.93. The highest BCUT2D eigenvalue weighted by Gasteiger charge is 2.34. The van der Waals surface area contributed by atoms with E-state index in [-0.39, 0.29) is 23.3 Å². The van der Waals surface area contributed by atoms with Gasteiger partial charge in [-0.15, -0.1) is 0 Å². The molecule has 0 aromatic heterocycles. The maximum absolute atomic E-state index is 13.6. The van der Waals surface area contributed by atoms with Crippen LogP contribution in [0.4, 0.5) is 19.3 Å². The quantitative estimate of drug-likeness (QED) is 0.870. The van der Waals surface area contributed by atoms with E-state index >= 15 is 0 Å². The van der Waals surface area contributed by atoms with Crippen LogP contribution in [0, 0.1) is 17.0 Å². The molecule has 1 unspecified atom stereocenters. The number of urea groups is 1. The van der Waals surface area contributed by atoms with Crippen LogP contribution in [-0.2, 0) is 0 Å². The van der Waals surface area contributed by atoms with Crippen molar-refractivity contribution in [2.24, 2.45) is 0 Å². The predicted octanol–water partition coefficient (Wildman–Crippen LogP) is 4.32. The number of rotatable bonds is 3. The Labute approximate surface area is 143 Å². The molecule has 1 saturated heterocycles. The summed E-state index contributed by atoms with van der Waals surface area (Å²) in [7, 11) is 1.21. The van der Waals surface area contributed by atoms with E-state index in [4.69, 9.17) is 10.1 Å². The average molecular weight is 345 g/mol. The summed E-state index contributed by atoms with van der Waals surface area (Å²) >= 11 is 0. The van der Waals surface area contributed by atoms with E-state index in [9.17, 15) is 13.6 Å². The molecule has 0 aliphatic carbocycles. The first-order valence-electron chi connectivity index (χ1n) is 7.77. The first kappa shape index (κ1) is 16.9. The van der Waals surface area contributed by atoms with Gasteiger partial charge in [-0.1, -0.05) is 30.3 Å². The summed E-state index contributed by atoms with van der Waals surface area (Å²) in [6.07, 6.45) is 1.10. The maximum Gasteiger partial charge on any atom is 0.327 e. The molecule has 1 aliphatic heterocycles. The Hall–Kier alpha value is -2.96. The van der Waals surface area contributed by atoms with E-state index in [0.717, 1.165) is 11.6 Å². The average Bonchev–Trinajstić information content (AvgIpc) is 3.00. The van der Waals surface area contributed by atoms with Crippen LogP contribution >= 0.6 is 0 Å². The molecule has 2 amide bonds. The van der Waals surface area contributed by atoms with Crippen molar-refractivity contribution >= 4 is 17.6 Å². The Morgan fingerprint density at radius 2 is 2.00 bits per heavy atom. The zero-order valence-electron chi connectivity index (χ0n) is 13.6. The van der Waals surface area contributed by atoms with Crippen molar-refractivity contribution in [1.82, 2.24) is 4.90 Å². The number of ether oxygens (including phenoxy) is 1. The Bertz CT molecular complexity index is 811. The highest BCUT2D eigenvalue weighted by Crippen LogP contribution is 2.34. The van der Waals surface area contributed by atoms with Crippen molar-refractivity contribution in [1.29, 1.82) is 5.41 Å². The van der Waals surface area contributed by atoms with Crippen molar-refractivity contribution in [2.45, 2.75) is 18.9 Å². The second kappa shape index (κ2) is 6.88. The Balaban J connectivity index is 1.84. The maximum atomic E-state index is 13.6. The van der Waals surface area contributed by atoms with Crippen LogP contribution in [0.15, 0.2) is 42.5 Å². The number of halogens is 2. The van der Waals surface area contributed by atoms with E-state index in [0.29, 0.717) is 12.8 Å². The van der Waals surface area contributed by atoms with Crippen LogP contribution in [0.1, 0.15) is 24.4 Å². The van der Waals surface area contributed by atoms with Crippen molar-refractivity contribution in [2.75, 3.05) is 12.4 Å². The van der Waals surface area contributed by atoms with Gasteiger partial charge in [0.1, 0.15) is 5.84 Å². The number of carbonyl (C=O) groups excluding carboxylic acids is 1. The molecule has 1 heterocycles. The second-order valence-corrected chi connectivity index (χ2v) is 5.69. The normalized spacial score (nSPS) is 16.8. The minimum absolute atomic E-state index is 0.0623. The lowest BCUT2D eigenvalue weighted by atomic mass is 10.1. The smallest absolute Gasteiger partial charge is 0.327 e. The standard InChI is InChI=1S/C18H17F2N3O2/c1-25-15-10-12(9-13(19)17(15)20)22-18(24)23-14(7-8-16(23)21)11-5-3-2-4-6-11/h2-6,9-10,14,21H,7-8H2,1H3,(H,22,24). The molecule has 3 rings (SSSR count). The van der Waals surface area contributed by atoms with E-state index in [1.165, 1.54) is 18.1 Å². The number of amides is 2. The van der Waals surface area contributed by atoms with Gasteiger partial charge in [0.05, 0.1) is 13.2 Å². The molecule has 0 spiro atoms. The molecule has 5 nitrogen and oxygen atoms in total. The van der Waals surface area contributed by atoms with Gasteiger partial charge in [-0.2, -0.15) is 4.39 Å². The minimum atomic E-state index is -1.12. The molecule has 0 radical (unpaired) electrons. The highest BCUT2D eigenvalue weighted by molar-refractivity contribution is 6.03. The Kier molecular flexibility index (Phi) is 4.65. The molecule has 0 bridgehead atoms. The van der Waals surface area contributed by atoms with Crippen LogP contribution in [0.25, 0.3) is 0 Å². The molecule has 1 aliphatic rings. The summed E-state index contributed by atoms with van der Waals surface area (Å²) in [5.41, 5.74) is 0.982. The summed E-state index contributed by atoms with van der Waals surface area (Å²) in [6, 6.07) is 10.7. The zero-order chi connectivity index (χ0) is 18.0. The monoisotopic (exact) mass is 345 g/mol. The summed E-state index contributed by atoms with van der Waals surface area (Å²) in [5, 5.41) is 10.6. The number of hydrogen-bond acceptors (Lipinski definition) is 3. The van der Waals surface area contributed by atoms with E-state index in [1.807, 2.05) is 30.3 Å². The lowest BCUT2D eigenvalue weighted by Gasteiger charge is -2.25. The molecule has 1 fully saturated rings. The van der Waals surface area contributed by atoms with Gasteiger partial charge >= 0.3 is 6.03 Å². The van der Waals surface area contributed by atoms with Crippen LogP contribution in [0.3, 0.4) is 0 Å². The number of nitrogens with zero attached hydrogens (tertiary/aromatic N) is 1. The number of amidine groups is 1. The summed E-state index contributed by atoms with van der Waals surface area (Å²) < 4.78 is 31.9. The Morgan fingerprint density at radius 1 is 1.28 bits per heavy atom. The fraction of sp³-hybridized carbons (Fsp3) is 0.222. The van der Waals surface area contributed by atoms with Gasteiger partial charge in [0.2, 0.25) is 5.82 Å². The summed E-state index contributed by atoms with van der Waals surface area (Å²) in [6.45, 7) is 0. The molecule has 130 valence electrons. The first-order chi connectivity index (χ1) is 12.0. The van der Waals surface area contributed by atoms with E-state index < -0.39 is 17.7 Å². The minimum Gasteiger partial charge on any atom is -0.493 e. The molecule has 0 saturated carbocycles. The summed E-state index contributed by atoms with van der Waals surface area (Å²) in [4.78, 5) is 14.0. The van der Waals surface area contributed by atoms with Crippen LogP contribution in [0.5, 0.6) is 5.75 Å². The van der Waals surface area contributed by atoms with Gasteiger partial charge in [0.25, 0.3) is 0 Å². The molecule has 2 N–H and O–H groups in total.